The van der Waals surface area contributed by atoms with Crippen LogP contribution in [-0.4, -0.2) is 45.4 Å². The molecule has 1 aliphatic heterocycles. The summed E-state index contributed by atoms with van der Waals surface area (Å²) in [6.45, 7) is 8.18. The lowest BCUT2D eigenvalue weighted by atomic mass is 9.92. The molecular weight excluding hydrogens is 453 g/mol. The zero-order chi connectivity index (χ0) is 23.3. The topological polar surface area (TPSA) is 78.5 Å². The van der Waals surface area contributed by atoms with Gasteiger partial charge in [-0.05, 0) is 73.7 Å². The van der Waals surface area contributed by atoms with E-state index in [1.54, 1.807) is 6.07 Å². The van der Waals surface area contributed by atoms with Gasteiger partial charge in [-0.2, -0.15) is 0 Å². The highest BCUT2D eigenvalue weighted by molar-refractivity contribution is 7.92. The van der Waals surface area contributed by atoms with Crippen molar-refractivity contribution in [2.75, 3.05) is 30.9 Å². The van der Waals surface area contributed by atoms with Crippen LogP contribution in [0.1, 0.15) is 37.0 Å². The van der Waals surface area contributed by atoms with Crippen molar-refractivity contribution < 1.29 is 17.6 Å². The minimum atomic E-state index is -3.98. The van der Waals surface area contributed by atoms with Gasteiger partial charge in [-0.15, -0.1) is 0 Å². The van der Waals surface area contributed by atoms with E-state index in [0.29, 0.717) is 23.9 Å². The standard InChI is InChI=1S/C23H29ClFN3O3S/c1-16-12-17(2)15-28(14-16)11-3-10-26-23(29)18-4-9-21(24)22(13-18)27-32(30,31)20-7-5-19(25)6-8-20/h4-9,13,16-17,27H,3,10-12,14-15H2,1-2H3,(H,26,29). The normalized spacial score (nSPS) is 19.5. The maximum atomic E-state index is 13.1. The van der Waals surface area contributed by atoms with E-state index in [9.17, 15) is 17.6 Å². The number of nitrogens with zero attached hydrogens (tertiary/aromatic N) is 1. The number of hydrogen-bond donors (Lipinski definition) is 2. The number of carbonyl (C=O) groups excluding carboxylic acids is 1. The van der Waals surface area contributed by atoms with E-state index in [-0.39, 0.29) is 21.5 Å². The smallest absolute Gasteiger partial charge is 0.261 e. The fraction of sp³-hybridized carbons (Fsp3) is 0.435. The van der Waals surface area contributed by atoms with Crippen LogP contribution >= 0.6 is 11.6 Å². The highest BCUT2D eigenvalue weighted by Gasteiger charge is 2.21. The second-order valence-corrected chi connectivity index (χ2v) is 10.7. The Hall–Kier alpha value is -2.16. The maximum absolute atomic E-state index is 13.1. The number of amides is 1. The molecule has 32 heavy (non-hydrogen) atoms. The largest absolute Gasteiger partial charge is 0.352 e. The van der Waals surface area contributed by atoms with Gasteiger partial charge in [-0.1, -0.05) is 25.4 Å². The quantitative estimate of drug-likeness (QED) is 0.548. The van der Waals surface area contributed by atoms with Crippen LogP contribution in [0.25, 0.3) is 0 Å². The van der Waals surface area contributed by atoms with Crippen LogP contribution in [-0.2, 0) is 10.0 Å². The van der Waals surface area contributed by atoms with Crippen molar-refractivity contribution >= 4 is 33.2 Å². The molecule has 9 heteroatoms. The average molecular weight is 482 g/mol. The molecule has 1 saturated heterocycles. The molecule has 1 amide bonds. The Morgan fingerprint density at radius 3 is 2.44 bits per heavy atom. The monoisotopic (exact) mass is 481 g/mol. The van der Waals surface area contributed by atoms with Crippen LogP contribution in [0.15, 0.2) is 47.4 Å². The van der Waals surface area contributed by atoms with Crippen molar-refractivity contribution in [3.63, 3.8) is 0 Å². The molecule has 2 N–H and O–H groups in total. The molecule has 1 fully saturated rings. The number of nitrogens with one attached hydrogen (secondary N) is 2. The van der Waals surface area contributed by atoms with Gasteiger partial charge in [0.25, 0.3) is 15.9 Å². The fourth-order valence-corrected chi connectivity index (χ4v) is 5.43. The van der Waals surface area contributed by atoms with Gasteiger partial charge >= 0.3 is 0 Å². The minimum absolute atomic E-state index is 0.0833. The van der Waals surface area contributed by atoms with Crippen LogP contribution in [0.3, 0.4) is 0 Å². The molecule has 2 aromatic rings. The van der Waals surface area contributed by atoms with E-state index in [1.165, 1.54) is 18.6 Å². The van der Waals surface area contributed by atoms with E-state index in [1.807, 2.05) is 0 Å². The zero-order valence-electron chi connectivity index (χ0n) is 18.3. The summed E-state index contributed by atoms with van der Waals surface area (Å²) in [5.41, 5.74) is 0.381. The Labute approximate surface area is 194 Å². The summed E-state index contributed by atoms with van der Waals surface area (Å²) in [6, 6.07) is 8.85. The summed E-state index contributed by atoms with van der Waals surface area (Å²) in [4.78, 5) is 14.9. The van der Waals surface area contributed by atoms with Crippen LogP contribution in [0.4, 0.5) is 10.1 Å². The first-order valence-electron chi connectivity index (χ1n) is 10.7. The predicted molar refractivity (Wildman–Crippen MR) is 125 cm³/mol. The second kappa shape index (κ2) is 10.6. The number of hydrogen-bond acceptors (Lipinski definition) is 4. The van der Waals surface area contributed by atoms with Crippen molar-refractivity contribution in [2.24, 2.45) is 11.8 Å². The number of halogens is 2. The van der Waals surface area contributed by atoms with Gasteiger partial charge in [0.05, 0.1) is 15.6 Å². The van der Waals surface area contributed by atoms with Crippen LogP contribution in [0.2, 0.25) is 5.02 Å². The third-order valence-electron chi connectivity index (χ3n) is 5.48. The highest BCUT2D eigenvalue weighted by Crippen LogP contribution is 2.26. The number of benzene rings is 2. The Balaban J connectivity index is 1.57. The summed E-state index contributed by atoms with van der Waals surface area (Å²) in [6.07, 6.45) is 2.10. The Morgan fingerprint density at radius 1 is 1.12 bits per heavy atom. The van der Waals surface area contributed by atoms with E-state index < -0.39 is 15.8 Å². The molecule has 2 aromatic carbocycles. The molecule has 0 aliphatic carbocycles. The predicted octanol–water partition coefficient (Wildman–Crippen LogP) is 4.38. The fourth-order valence-electron chi connectivity index (χ4n) is 4.14. The van der Waals surface area contributed by atoms with E-state index >= 15 is 0 Å². The van der Waals surface area contributed by atoms with E-state index in [0.717, 1.165) is 50.3 Å². The summed E-state index contributed by atoms with van der Waals surface area (Å²) < 4.78 is 40.6. The van der Waals surface area contributed by atoms with E-state index in [2.05, 4.69) is 28.8 Å². The lowest BCUT2D eigenvalue weighted by Gasteiger charge is -2.34. The molecule has 1 aliphatic rings. The van der Waals surface area contributed by atoms with Crippen LogP contribution in [0.5, 0.6) is 0 Å². The maximum Gasteiger partial charge on any atom is 0.261 e. The first-order valence-corrected chi connectivity index (χ1v) is 12.6. The molecule has 2 unspecified atom stereocenters. The van der Waals surface area contributed by atoms with Gasteiger partial charge in [0.2, 0.25) is 0 Å². The summed E-state index contributed by atoms with van der Waals surface area (Å²) in [5, 5.41) is 3.03. The Morgan fingerprint density at radius 2 is 1.78 bits per heavy atom. The Kier molecular flexibility index (Phi) is 8.14. The molecule has 3 rings (SSSR count). The highest BCUT2D eigenvalue weighted by atomic mass is 35.5. The van der Waals surface area contributed by atoms with Crippen molar-refractivity contribution in [3.05, 3.63) is 58.9 Å². The van der Waals surface area contributed by atoms with E-state index in [4.69, 9.17) is 11.6 Å². The number of rotatable bonds is 8. The van der Waals surface area contributed by atoms with Gasteiger partial charge < -0.3 is 10.2 Å². The van der Waals surface area contributed by atoms with Gasteiger partial charge in [0.15, 0.2) is 0 Å². The third-order valence-corrected chi connectivity index (χ3v) is 7.19. The number of anilines is 1. The first kappa shape index (κ1) is 24.5. The zero-order valence-corrected chi connectivity index (χ0v) is 19.8. The minimum Gasteiger partial charge on any atom is -0.352 e. The lowest BCUT2D eigenvalue weighted by Crippen LogP contribution is -2.40. The molecule has 0 bridgehead atoms. The number of sulfonamides is 1. The third kappa shape index (κ3) is 6.67. The van der Waals surface area contributed by atoms with Gasteiger partial charge in [0.1, 0.15) is 5.82 Å². The molecule has 0 saturated carbocycles. The number of piperidine rings is 1. The summed E-state index contributed by atoms with van der Waals surface area (Å²) in [5.74, 6) is 0.549. The molecule has 2 atom stereocenters. The van der Waals surface area contributed by atoms with Crippen molar-refractivity contribution in [1.82, 2.24) is 10.2 Å². The molecule has 0 aromatic heterocycles. The SMILES string of the molecule is CC1CC(C)CN(CCCNC(=O)c2ccc(Cl)c(NS(=O)(=O)c3ccc(F)cc3)c2)C1. The number of likely N-dealkylation sites (tertiary alicyclic amines) is 1. The van der Waals surface area contributed by atoms with Crippen LogP contribution in [0, 0.1) is 17.7 Å². The molecule has 1 heterocycles. The van der Waals surface area contributed by atoms with Crippen molar-refractivity contribution in [3.8, 4) is 0 Å². The molecule has 0 radical (unpaired) electrons. The van der Waals surface area contributed by atoms with Gasteiger partial charge in [0, 0.05) is 25.2 Å². The molecular formula is C23H29ClFN3O3S. The molecule has 6 nitrogen and oxygen atoms in total. The lowest BCUT2D eigenvalue weighted by molar-refractivity contribution is 0.0947. The van der Waals surface area contributed by atoms with Crippen molar-refractivity contribution in [1.29, 1.82) is 0 Å². The van der Waals surface area contributed by atoms with Gasteiger partial charge in [-0.25, -0.2) is 12.8 Å². The summed E-state index contributed by atoms with van der Waals surface area (Å²) in [7, 11) is -3.98. The summed E-state index contributed by atoms with van der Waals surface area (Å²) >= 11 is 6.13. The molecule has 174 valence electrons. The van der Waals surface area contributed by atoms with Crippen LogP contribution < -0.4 is 10.0 Å². The van der Waals surface area contributed by atoms with Crippen molar-refractivity contribution in [2.45, 2.75) is 31.6 Å². The number of carbonyl (C=O) groups is 1. The van der Waals surface area contributed by atoms with Gasteiger partial charge in [-0.3, -0.25) is 9.52 Å². The second-order valence-electron chi connectivity index (χ2n) is 8.57. The first-order chi connectivity index (χ1) is 15.1. The molecule has 0 spiro atoms. The Bertz CT molecular complexity index is 1040. The average Bonchev–Trinajstić information content (AvgIpc) is 2.72.